The number of fused-ring (bicyclic) bond motifs is 1. The first-order chi connectivity index (χ1) is 8.17. The van der Waals surface area contributed by atoms with E-state index in [0.29, 0.717) is 24.8 Å². The molecule has 0 saturated carbocycles. The quantitative estimate of drug-likeness (QED) is 0.813. The van der Waals surface area contributed by atoms with E-state index in [1.807, 2.05) is 0 Å². The van der Waals surface area contributed by atoms with Gasteiger partial charge in [0, 0.05) is 11.5 Å². The summed E-state index contributed by atoms with van der Waals surface area (Å²) in [6, 6.07) is 0. The lowest BCUT2D eigenvalue weighted by molar-refractivity contribution is -0.121. The largest absolute Gasteiger partial charge is 0.379 e. The minimum Gasteiger partial charge on any atom is -0.379 e. The molecule has 5 nitrogen and oxygen atoms in total. The van der Waals surface area contributed by atoms with Crippen molar-refractivity contribution >= 4 is 22.4 Å². The van der Waals surface area contributed by atoms with Crippen molar-refractivity contribution in [1.82, 2.24) is 4.98 Å². The molecular weight excluding hydrogens is 238 g/mol. The molecule has 1 aromatic rings. The molecule has 1 aromatic heterocycles. The average molecular weight is 253 g/mol. The van der Waals surface area contributed by atoms with Crippen molar-refractivity contribution in [2.24, 2.45) is 5.73 Å². The monoisotopic (exact) mass is 253 g/mol. The Kier molecular flexibility index (Phi) is 2.65. The zero-order valence-corrected chi connectivity index (χ0v) is 10.3. The molecule has 92 valence electrons. The Morgan fingerprint density at radius 3 is 3.12 bits per heavy atom. The number of anilines is 1. The van der Waals surface area contributed by atoms with Gasteiger partial charge < -0.3 is 15.8 Å². The van der Waals surface area contributed by atoms with Gasteiger partial charge in [-0.15, -0.1) is 11.3 Å². The minimum atomic E-state index is -0.879. The molecule has 3 rings (SSSR count). The van der Waals surface area contributed by atoms with Crippen LogP contribution in [0.25, 0.3) is 0 Å². The molecule has 0 aromatic carbocycles. The van der Waals surface area contributed by atoms with E-state index in [-0.39, 0.29) is 5.91 Å². The second-order valence-electron chi connectivity index (χ2n) is 4.66. The number of rotatable bonds is 2. The number of hydrogen-bond donors (Lipinski definition) is 2. The summed E-state index contributed by atoms with van der Waals surface area (Å²) in [5.41, 5.74) is 6.24. The van der Waals surface area contributed by atoms with Gasteiger partial charge in [0.15, 0.2) is 5.13 Å². The number of aromatic nitrogens is 1. The molecule has 2 aliphatic rings. The van der Waals surface area contributed by atoms with Gasteiger partial charge in [-0.2, -0.15) is 0 Å². The summed E-state index contributed by atoms with van der Waals surface area (Å²) < 4.78 is 5.18. The fraction of sp³-hybridized carbons (Fsp3) is 0.636. The molecule has 1 saturated heterocycles. The summed E-state index contributed by atoms with van der Waals surface area (Å²) in [7, 11) is 0. The maximum Gasteiger partial charge on any atom is 0.248 e. The van der Waals surface area contributed by atoms with Gasteiger partial charge >= 0.3 is 0 Å². The third-order valence-electron chi connectivity index (χ3n) is 3.32. The first-order valence-corrected chi connectivity index (χ1v) is 6.66. The van der Waals surface area contributed by atoms with E-state index in [4.69, 9.17) is 10.5 Å². The Hall–Kier alpha value is -0.980. The molecule has 0 radical (unpaired) electrons. The summed E-state index contributed by atoms with van der Waals surface area (Å²) in [6.45, 7) is 0.849. The SMILES string of the molecule is NC1(C(=O)Nc2nc3c(s2)CCC3)CCOC1. The van der Waals surface area contributed by atoms with Crippen LogP contribution in [0.15, 0.2) is 0 Å². The Balaban J connectivity index is 1.72. The summed E-state index contributed by atoms with van der Waals surface area (Å²) in [5, 5.41) is 3.49. The number of carbonyl (C=O) groups excluding carboxylic acids is 1. The topological polar surface area (TPSA) is 77.2 Å². The molecule has 1 atom stereocenters. The van der Waals surface area contributed by atoms with Gasteiger partial charge in [-0.1, -0.05) is 0 Å². The number of nitrogens with one attached hydrogen (secondary N) is 1. The maximum absolute atomic E-state index is 12.0. The summed E-state index contributed by atoms with van der Waals surface area (Å²) in [5.74, 6) is -0.178. The lowest BCUT2D eigenvalue weighted by Crippen LogP contribution is -2.51. The van der Waals surface area contributed by atoms with Gasteiger partial charge in [0.1, 0.15) is 5.54 Å². The third-order valence-corrected chi connectivity index (χ3v) is 4.39. The van der Waals surface area contributed by atoms with Crippen LogP contribution in [0.2, 0.25) is 0 Å². The molecule has 1 fully saturated rings. The van der Waals surface area contributed by atoms with E-state index in [1.165, 1.54) is 11.3 Å². The van der Waals surface area contributed by atoms with Crippen molar-refractivity contribution in [3.05, 3.63) is 10.6 Å². The van der Waals surface area contributed by atoms with Crippen molar-refractivity contribution < 1.29 is 9.53 Å². The van der Waals surface area contributed by atoms with E-state index < -0.39 is 5.54 Å². The third kappa shape index (κ3) is 1.96. The van der Waals surface area contributed by atoms with Crippen LogP contribution in [0.5, 0.6) is 0 Å². The number of hydrogen-bond acceptors (Lipinski definition) is 5. The molecule has 1 unspecified atom stereocenters. The Labute approximate surface area is 103 Å². The number of ether oxygens (including phenoxy) is 1. The van der Waals surface area contributed by atoms with Crippen LogP contribution in [0.3, 0.4) is 0 Å². The Bertz CT molecular complexity index is 430. The predicted octanol–water partition coefficient (Wildman–Crippen LogP) is 0.688. The molecular formula is C11H15N3O2S. The second kappa shape index (κ2) is 4.04. The van der Waals surface area contributed by atoms with Crippen LogP contribution in [0, 0.1) is 0 Å². The molecule has 1 aliphatic heterocycles. The predicted molar refractivity (Wildman–Crippen MR) is 65.1 cm³/mol. The zero-order valence-electron chi connectivity index (χ0n) is 9.49. The molecule has 0 spiro atoms. The number of nitrogens with zero attached hydrogens (tertiary/aromatic N) is 1. The average Bonchev–Trinajstić information content (AvgIpc) is 2.93. The van der Waals surface area contributed by atoms with Crippen molar-refractivity contribution in [2.75, 3.05) is 18.5 Å². The normalized spacial score (nSPS) is 27.1. The number of nitrogens with two attached hydrogens (primary N) is 1. The van der Waals surface area contributed by atoms with Crippen LogP contribution in [-0.2, 0) is 22.4 Å². The maximum atomic E-state index is 12.0. The molecule has 3 N–H and O–H groups in total. The highest BCUT2D eigenvalue weighted by Gasteiger charge is 2.38. The van der Waals surface area contributed by atoms with Gasteiger partial charge in [-0.3, -0.25) is 4.79 Å². The molecule has 6 heteroatoms. The molecule has 0 bridgehead atoms. The van der Waals surface area contributed by atoms with E-state index in [9.17, 15) is 4.79 Å². The van der Waals surface area contributed by atoms with E-state index in [0.717, 1.165) is 18.5 Å². The van der Waals surface area contributed by atoms with Crippen LogP contribution in [0.4, 0.5) is 5.13 Å². The number of carbonyl (C=O) groups is 1. The van der Waals surface area contributed by atoms with Crippen LogP contribution in [-0.4, -0.2) is 29.6 Å². The fourth-order valence-corrected chi connectivity index (χ4v) is 3.27. The number of amides is 1. The second-order valence-corrected chi connectivity index (χ2v) is 5.74. The van der Waals surface area contributed by atoms with Crippen LogP contribution < -0.4 is 11.1 Å². The highest BCUT2D eigenvalue weighted by atomic mass is 32.1. The van der Waals surface area contributed by atoms with Crippen LogP contribution >= 0.6 is 11.3 Å². The summed E-state index contributed by atoms with van der Waals surface area (Å²) >= 11 is 1.57. The Morgan fingerprint density at radius 2 is 2.41 bits per heavy atom. The van der Waals surface area contributed by atoms with E-state index >= 15 is 0 Å². The number of aryl methyl sites for hydroxylation is 2. The smallest absolute Gasteiger partial charge is 0.248 e. The van der Waals surface area contributed by atoms with Crippen molar-refractivity contribution in [3.63, 3.8) is 0 Å². The standard InChI is InChI=1S/C11H15N3O2S/c12-11(4-5-16-6-11)9(15)14-10-13-7-2-1-3-8(7)17-10/h1-6,12H2,(H,13,14,15). The zero-order chi connectivity index (χ0) is 11.9. The van der Waals surface area contributed by atoms with Crippen molar-refractivity contribution in [2.45, 2.75) is 31.2 Å². The van der Waals surface area contributed by atoms with Gasteiger partial charge in [-0.25, -0.2) is 4.98 Å². The highest BCUT2D eigenvalue weighted by molar-refractivity contribution is 7.15. The molecule has 1 amide bonds. The summed E-state index contributed by atoms with van der Waals surface area (Å²) in [6.07, 6.45) is 3.86. The van der Waals surface area contributed by atoms with Gasteiger partial charge in [-0.05, 0) is 25.7 Å². The van der Waals surface area contributed by atoms with Gasteiger partial charge in [0.05, 0.1) is 12.3 Å². The Morgan fingerprint density at radius 1 is 1.53 bits per heavy atom. The van der Waals surface area contributed by atoms with Crippen molar-refractivity contribution in [1.29, 1.82) is 0 Å². The van der Waals surface area contributed by atoms with Crippen LogP contribution in [0.1, 0.15) is 23.4 Å². The van der Waals surface area contributed by atoms with E-state index in [2.05, 4.69) is 10.3 Å². The molecule has 2 heterocycles. The molecule has 1 aliphatic carbocycles. The van der Waals surface area contributed by atoms with Gasteiger partial charge in [0.25, 0.3) is 0 Å². The minimum absolute atomic E-state index is 0.178. The number of thiazole rings is 1. The highest BCUT2D eigenvalue weighted by Crippen LogP contribution is 2.31. The fourth-order valence-electron chi connectivity index (χ4n) is 2.23. The first kappa shape index (κ1) is 11.1. The lowest BCUT2D eigenvalue weighted by Gasteiger charge is -2.19. The van der Waals surface area contributed by atoms with Gasteiger partial charge in [0.2, 0.25) is 5.91 Å². The van der Waals surface area contributed by atoms with E-state index in [1.54, 1.807) is 11.3 Å². The lowest BCUT2D eigenvalue weighted by atomic mass is 10.00. The first-order valence-electron chi connectivity index (χ1n) is 5.84. The molecule has 17 heavy (non-hydrogen) atoms. The van der Waals surface area contributed by atoms with Crippen molar-refractivity contribution in [3.8, 4) is 0 Å². The summed E-state index contributed by atoms with van der Waals surface area (Å²) in [4.78, 5) is 17.7.